The Morgan fingerprint density at radius 1 is 1.21 bits per heavy atom. The molecule has 178 valence electrons. The maximum atomic E-state index is 12.4. The number of aryl methyl sites for hydroxylation is 1. The van der Waals surface area contributed by atoms with Gasteiger partial charge in [0, 0.05) is 32.2 Å². The van der Waals surface area contributed by atoms with Gasteiger partial charge >= 0.3 is 12.1 Å². The highest BCUT2D eigenvalue weighted by Gasteiger charge is 2.38. The van der Waals surface area contributed by atoms with Crippen molar-refractivity contribution in [1.29, 1.82) is 0 Å². The number of nitrogens with zero attached hydrogens (tertiary/aromatic N) is 3. The lowest BCUT2D eigenvalue weighted by atomic mass is 10.1. The van der Waals surface area contributed by atoms with Crippen molar-refractivity contribution in [2.45, 2.75) is 31.6 Å². The van der Waals surface area contributed by atoms with Crippen molar-refractivity contribution in [3.63, 3.8) is 0 Å². The largest absolute Gasteiger partial charge is 0.490 e. The van der Waals surface area contributed by atoms with Crippen LogP contribution in [-0.4, -0.2) is 59.1 Å². The minimum atomic E-state index is -5.08. The Balaban J connectivity index is 0.000000383. The van der Waals surface area contributed by atoms with E-state index in [2.05, 4.69) is 32.8 Å². The number of aliphatic carboxylic acids is 1. The number of benzene rings is 1. The average Bonchev–Trinajstić information content (AvgIpc) is 3.18. The molecule has 4 rings (SSSR count). The zero-order chi connectivity index (χ0) is 24.0. The van der Waals surface area contributed by atoms with Crippen LogP contribution >= 0.6 is 0 Å². The van der Waals surface area contributed by atoms with Crippen molar-refractivity contribution < 1.29 is 27.9 Å². The number of carboxylic acids is 1. The highest BCUT2D eigenvalue weighted by atomic mass is 19.4. The molecule has 2 heterocycles. The van der Waals surface area contributed by atoms with E-state index >= 15 is 0 Å². The van der Waals surface area contributed by atoms with Crippen LogP contribution in [0.3, 0.4) is 0 Å². The molecule has 0 bridgehead atoms. The number of nitrogens with one attached hydrogen (secondary N) is 2. The maximum Gasteiger partial charge on any atom is 0.490 e. The van der Waals surface area contributed by atoms with Gasteiger partial charge in [-0.15, -0.1) is 0 Å². The van der Waals surface area contributed by atoms with Gasteiger partial charge in [-0.1, -0.05) is 24.3 Å². The molecule has 1 aromatic carbocycles. The normalized spacial score (nSPS) is 17.5. The highest BCUT2D eigenvalue weighted by Crippen LogP contribution is 2.30. The van der Waals surface area contributed by atoms with E-state index < -0.39 is 12.1 Å². The summed E-state index contributed by atoms with van der Waals surface area (Å²) in [6, 6.07) is 9.75. The third-order valence-electron chi connectivity index (χ3n) is 5.34. The number of piperazine rings is 1. The second-order valence-corrected chi connectivity index (χ2v) is 7.61. The third-order valence-corrected chi connectivity index (χ3v) is 5.34. The Morgan fingerprint density at radius 2 is 1.88 bits per heavy atom. The van der Waals surface area contributed by atoms with Gasteiger partial charge in [0.1, 0.15) is 6.54 Å². The SMILES string of the molecule is O=C(Cn1ncc(N2CCNCC2)cc1=O)NC1CCc2ccccc21.O=C(O)C(F)(F)F. The first-order valence-electron chi connectivity index (χ1n) is 10.4. The second-order valence-electron chi connectivity index (χ2n) is 7.61. The molecule has 2 aromatic rings. The van der Waals surface area contributed by atoms with Crippen molar-refractivity contribution >= 4 is 17.6 Å². The molecule has 12 heteroatoms. The fourth-order valence-electron chi connectivity index (χ4n) is 3.72. The number of rotatable bonds is 4. The predicted molar refractivity (Wildman–Crippen MR) is 113 cm³/mol. The number of halogens is 3. The van der Waals surface area contributed by atoms with E-state index in [1.54, 1.807) is 12.3 Å². The van der Waals surface area contributed by atoms with E-state index in [0.29, 0.717) is 0 Å². The predicted octanol–water partition coefficient (Wildman–Crippen LogP) is 1.09. The lowest BCUT2D eigenvalue weighted by Crippen LogP contribution is -2.44. The molecule has 1 aromatic heterocycles. The Morgan fingerprint density at radius 3 is 2.52 bits per heavy atom. The second kappa shape index (κ2) is 10.5. The number of anilines is 1. The Kier molecular flexibility index (Phi) is 7.69. The van der Waals surface area contributed by atoms with Gasteiger partial charge in [-0.2, -0.15) is 18.3 Å². The van der Waals surface area contributed by atoms with E-state index in [4.69, 9.17) is 9.90 Å². The average molecular weight is 467 g/mol. The number of carbonyl (C=O) groups excluding carboxylic acids is 1. The lowest BCUT2D eigenvalue weighted by Gasteiger charge is -2.28. The van der Waals surface area contributed by atoms with E-state index in [0.717, 1.165) is 44.7 Å². The van der Waals surface area contributed by atoms with E-state index in [-0.39, 0.29) is 24.1 Å². The van der Waals surface area contributed by atoms with E-state index in [1.807, 2.05) is 12.1 Å². The minimum Gasteiger partial charge on any atom is -0.475 e. The standard InChI is InChI=1S/C19H23N5O2.C2HF3O2/c25-18(22-17-6-5-14-3-1-2-4-16(14)17)13-24-19(26)11-15(12-21-24)23-9-7-20-8-10-23;3-2(4,5)1(6)7/h1-4,11-12,17,20H,5-10,13H2,(H,22,25);(H,6,7). The number of carboxylic acid groups (broad SMARTS) is 1. The molecule has 9 nitrogen and oxygen atoms in total. The summed E-state index contributed by atoms with van der Waals surface area (Å²) < 4.78 is 33.0. The summed E-state index contributed by atoms with van der Waals surface area (Å²) in [4.78, 5) is 35.7. The van der Waals surface area contributed by atoms with Gasteiger partial charge in [-0.05, 0) is 24.0 Å². The fourth-order valence-corrected chi connectivity index (χ4v) is 3.72. The van der Waals surface area contributed by atoms with Crippen molar-refractivity contribution in [3.8, 4) is 0 Å². The molecular formula is C21H24F3N5O4. The first kappa shape index (κ1) is 24.2. The number of hydrogen-bond donors (Lipinski definition) is 3. The van der Waals surface area contributed by atoms with Gasteiger partial charge in [0.15, 0.2) is 0 Å². The van der Waals surface area contributed by atoms with Crippen LogP contribution in [0.15, 0.2) is 41.3 Å². The fraction of sp³-hybridized carbons (Fsp3) is 0.429. The Bertz CT molecular complexity index is 1050. The molecular weight excluding hydrogens is 443 g/mol. The van der Waals surface area contributed by atoms with Gasteiger partial charge in [-0.3, -0.25) is 9.59 Å². The number of alkyl halides is 3. The minimum absolute atomic E-state index is 0.0227. The first-order chi connectivity index (χ1) is 15.6. The van der Waals surface area contributed by atoms with Crippen molar-refractivity contribution in [3.05, 3.63) is 58.0 Å². The van der Waals surface area contributed by atoms with Crippen LogP contribution < -0.4 is 21.1 Å². The maximum absolute atomic E-state index is 12.4. The van der Waals surface area contributed by atoms with Gasteiger partial charge in [0.25, 0.3) is 5.56 Å². The first-order valence-corrected chi connectivity index (χ1v) is 10.4. The number of aromatic nitrogens is 2. The van der Waals surface area contributed by atoms with Crippen LogP contribution in [0.4, 0.5) is 18.9 Å². The van der Waals surface area contributed by atoms with Gasteiger partial charge in [0.2, 0.25) is 5.91 Å². The van der Waals surface area contributed by atoms with Crippen LogP contribution in [0.1, 0.15) is 23.6 Å². The molecule has 1 unspecified atom stereocenters. The summed E-state index contributed by atoms with van der Waals surface area (Å²) in [5, 5.41) is 17.6. The van der Waals surface area contributed by atoms with Crippen LogP contribution in [0.5, 0.6) is 0 Å². The Hall–Kier alpha value is -3.41. The molecule has 33 heavy (non-hydrogen) atoms. The summed E-state index contributed by atoms with van der Waals surface area (Å²) in [5.74, 6) is -2.94. The van der Waals surface area contributed by atoms with Gasteiger partial charge in [0.05, 0.1) is 17.9 Å². The molecule has 0 radical (unpaired) electrons. The van der Waals surface area contributed by atoms with E-state index in [1.165, 1.54) is 15.8 Å². The molecule has 1 fully saturated rings. The number of carbonyl (C=O) groups is 2. The molecule has 1 aliphatic carbocycles. The highest BCUT2D eigenvalue weighted by molar-refractivity contribution is 5.76. The summed E-state index contributed by atoms with van der Waals surface area (Å²) in [6.07, 6.45) is -1.54. The van der Waals surface area contributed by atoms with Crippen molar-refractivity contribution in [2.24, 2.45) is 0 Å². The van der Waals surface area contributed by atoms with Crippen LogP contribution in [0.25, 0.3) is 0 Å². The van der Waals surface area contributed by atoms with Crippen molar-refractivity contribution in [1.82, 2.24) is 20.4 Å². The molecule has 1 amide bonds. The van der Waals surface area contributed by atoms with Crippen LogP contribution in [0.2, 0.25) is 0 Å². The molecule has 0 saturated carbocycles. The van der Waals surface area contributed by atoms with Gasteiger partial charge in [-0.25, -0.2) is 9.48 Å². The molecule has 3 N–H and O–H groups in total. The monoisotopic (exact) mass is 467 g/mol. The lowest BCUT2D eigenvalue weighted by molar-refractivity contribution is -0.192. The number of fused-ring (bicyclic) bond motifs is 1. The molecule has 1 aliphatic heterocycles. The third kappa shape index (κ3) is 6.54. The smallest absolute Gasteiger partial charge is 0.475 e. The molecule has 1 saturated heterocycles. The topological polar surface area (TPSA) is 117 Å². The zero-order valence-corrected chi connectivity index (χ0v) is 17.6. The summed E-state index contributed by atoms with van der Waals surface area (Å²) in [7, 11) is 0. The van der Waals surface area contributed by atoms with Gasteiger partial charge < -0.3 is 20.6 Å². The number of hydrogen-bond acceptors (Lipinski definition) is 6. The zero-order valence-electron chi connectivity index (χ0n) is 17.6. The molecule has 1 atom stereocenters. The number of amides is 1. The van der Waals surface area contributed by atoms with Crippen LogP contribution in [0, 0.1) is 0 Å². The summed E-state index contributed by atoms with van der Waals surface area (Å²) in [6.45, 7) is 3.45. The molecule has 2 aliphatic rings. The van der Waals surface area contributed by atoms with Crippen LogP contribution in [-0.2, 0) is 22.6 Å². The Labute approximate surface area is 187 Å². The van der Waals surface area contributed by atoms with Crippen molar-refractivity contribution in [2.75, 3.05) is 31.1 Å². The quantitative estimate of drug-likeness (QED) is 0.616. The van der Waals surface area contributed by atoms with E-state index in [9.17, 15) is 22.8 Å². The summed E-state index contributed by atoms with van der Waals surface area (Å²) >= 11 is 0. The molecule has 0 spiro atoms. The summed E-state index contributed by atoms with van der Waals surface area (Å²) in [5.41, 5.74) is 3.03.